The highest BCUT2D eigenvalue weighted by Crippen LogP contribution is 2.18. The molecule has 6 nitrogen and oxygen atoms in total. The predicted molar refractivity (Wildman–Crippen MR) is 69.9 cm³/mol. The van der Waals surface area contributed by atoms with Crippen molar-refractivity contribution < 1.29 is 8.42 Å². The van der Waals surface area contributed by atoms with Crippen LogP contribution in [0, 0.1) is 6.92 Å². The van der Waals surface area contributed by atoms with Crippen molar-refractivity contribution in [2.45, 2.75) is 26.3 Å². The van der Waals surface area contributed by atoms with Gasteiger partial charge in [-0.25, -0.2) is 23.1 Å². The number of aryl methyl sites for hydroxylation is 1. The quantitative estimate of drug-likeness (QED) is 0.859. The summed E-state index contributed by atoms with van der Waals surface area (Å²) in [6, 6.07) is 1.94. The van der Waals surface area contributed by atoms with Crippen LogP contribution in [0.2, 0.25) is 0 Å². The number of nitrogens with one attached hydrogen (secondary N) is 1. The van der Waals surface area contributed by atoms with Gasteiger partial charge in [0.15, 0.2) is 0 Å². The van der Waals surface area contributed by atoms with Crippen molar-refractivity contribution in [3.8, 4) is 0 Å². The van der Waals surface area contributed by atoms with Gasteiger partial charge in [0.25, 0.3) is 0 Å². The molecular weight excluding hydrogens is 252 g/mol. The van der Waals surface area contributed by atoms with Crippen molar-refractivity contribution in [1.29, 1.82) is 0 Å². The van der Waals surface area contributed by atoms with Crippen LogP contribution in [0.15, 0.2) is 6.07 Å². The highest BCUT2D eigenvalue weighted by atomic mass is 32.2. The van der Waals surface area contributed by atoms with Crippen molar-refractivity contribution in [3.63, 3.8) is 0 Å². The molecule has 1 aliphatic rings. The number of hydrogen-bond donors (Lipinski definition) is 1. The highest BCUT2D eigenvalue weighted by Gasteiger charge is 2.15. The minimum Gasteiger partial charge on any atom is -0.357 e. The molecule has 0 atom stereocenters. The van der Waals surface area contributed by atoms with E-state index in [-0.39, 0.29) is 6.54 Å². The molecule has 100 valence electrons. The maximum atomic E-state index is 11.1. The Labute approximate surface area is 107 Å². The molecule has 0 aromatic carbocycles. The summed E-state index contributed by atoms with van der Waals surface area (Å²) in [7, 11) is -3.21. The molecule has 0 aliphatic carbocycles. The Kier molecular flexibility index (Phi) is 3.82. The molecule has 1 fully saturated rings. The maximum Gasteiger partial charge on any atom is 0.209 e. The van der Waals surface area contributed by atoms with Gasteiger partial charge in [-0.15, -0.1) is 0 Å². The molecule has 1 aliphatic heterocycles. The molecule has 18 heavy (non-hydrogen) atoms. The molecule has 0 spiro atoms. The van der Waals surface area contributed by atoms with Crippen molar-refractivity contribution in [2.75, 3.05) is 24.2 Å². The molecule has 0 bridgehead atoms. The summed E-state index contributed by atoms with van der Waals surface area (Å²) in [5.41, 5.74) is 0.859. The lowest BCUT2D eigenvalue weighted by molar-refractivity contribution is 0.585. The largest absolute Gasteiger partial charge is 0.357 e. The van der Waals surface area contributed by atoms with Crippen molar-refractivity contribution in [2.24, 2.45) is 0 Å². The number of aromatic nitrogens is 2. The van der Waals surface area contributed by atoms with E-state index in [4.69, 9.17) is 0 Å². The average molecular weight is 270 g/mol. The van der Waals surface area contributed by atoms with Crippen LogP contribution in [0.5, 0.6) is 0 Å². The second kappa shape index (κ2) is 5.19. The summed E-state index contributed by atoms with van der Waals surface area (Å²) in [4.78, 5) is 10.9. The van der Waals surface area contributed by atoms with E-state index in [1.165, 1.54) is 12.8 Å². The van der Waals surface area contributed by atoms with Crippen LogP contribution < -0.4 is 9.62 Å². The van der Waals surface area contributed by atoms with E-state index in [1.807, 2.05) is 13.0 Å². The SMILES string of the molecule is Cc1cc(N2CCCC2)nc(CNS(C)(=O)=O)n1. The first-order valence-corrected chi connectivity index (χ1v) is 7.87. The van der Waals surface area contributed by atoms with Crippen molar-refractivity contribution in [3.05, 3.63) is 17.6 Å². The minimum atomic E-state index is -3.21. The van der Waals surface area contributed by atoms with Gasteiger partial charge in [-0.1, -0.05) is 0 Å². The van der Waals surface area contributed by atoms with E-state index in [0.29, 0.717) is 5.82 Å². The van der Waals surface area contributed by atoms with Gasteiger partial charge in [0.05, 0.1) is 12.8 Å². The summed E-state index contributed by atoms with van der Waals surface area (Å²) < 4.78 is 24.5. The Morgan fingerprint density at radius 2 is 2.00 bits per heavy atom. The summed E-state index contributed by atoms with van der Waals surface area (Å²) in [5, 5.41) is 0. The molecule has 1 aromatic heterocycles. The van der Waals surface area contributed by atoms with Gasteiger partial charge in [-0.2, -0.15) is 0 Å². The third-order valence-corrected chi connectivity index (χ3v) is 3.48. The van der Waals surface area contributed by atoms with Crippen LogP contribution in [-0.4, -0.2) is 37.7 Å². The van der Waals surface area contributed by atoms with Gasteiger partial charge in [0.1, 0.15) is 11.6 Å². The van der Waals surface area contributed by atoms with Crippen LogP contribution in [0.25, 0.3) is 0 Å². The molecule has 2 heterocycles. The molecule has 0 radical (unpaired) electrons. The second-order valence-electron chi connectivity index (χ2n) is 4.57. The van der Waals surface area contributed by atoms with Crippen LogP contribution in [0.1, 0.15) is 24.4 Å². The standard InChI is InChI=1S/C11H18N4O2S/c1-9-7-11(15-5-3-4-6-15)14-10(13-9)8-12-18(2,16)17/h7,12H,3-6,8H2,1-2H3. The van der Waals surface area contributed by atoms with Crippen LogP contribution >= 0.6 is 0 Å². The van der Waals surface area contributed by atoms with Gasteiger partial charge in [0.2, 0.25) is 10.0 Å². The van der Waals surface area contributed by atoms with E-state index in [9.17, 15) is 8.42 Å². The van der Waals surface area contributed by atoms with Crippen molar-refractivity contribution >= 4 is 15.8 Å². The van der Waals surface area contributed by atoms with Gasteiger partial charge < -0.3 is 4.90 Å². The highest BCUT2D eigenvalue weighted by molar-refractivity contribution is 7.88. The van der Waals surface area contributed by atoms with E-state index in [0.717, 1.165) is 30.9 Å². The molecule has 0 saturated carbocycles. The fourth-order valence-corrected chi connectivity index (χ4v) is 2.39. The minimum absolute atomic E-state index is 0.140. The lowest BCUT2D eigenvalue weighted by atomic mass is 10.4. The molecule has 0 amide bonds. The second-order valence-corrected chi connectivity index (χ2v) is 6.40. The first-order valence-electron chi connectivity index (χ1n) is 5.98. The Hall–Kier alpha value is -1.21. The summed E-state index contributed by atoms with van der Waals surface area (Å²) in [6.45, 7) is 4.05. The van der Waals surface area contributed by atoms with Crippen LogP contribution in [0.4, 0.5) is 5.82 Å². The zero-order valence-corrected chi connectivity index (χ0v) is 11.5. The molecule has 7 heteroatoms. The summed E-state index contributed by atoms with van der Waals surface area (Å²) in [5.74, 6) is 1.41. The number of nitrogens with zero attached hydrogens (tertiary/aromatic N) is 3. The normalized spacial score (nSPS) is 16.2. The molecule has 1 aromatic rings. The van der Waals surface area contributed by atoms with Gasteiger partial charge in [-0.3, -0.25) is 0 Å². The fraction of sp³-hybridized carbons (Fsp3) is 0.636. The Morgan fingerprint density at radius 1 is 1.33 bits per heavy atom. The molecule has 0 unspecified atom stereocenters. The third-order valence-electron chi connectivity index (χ3n) is 2.81. The lowest BCUT2D eigenvalue weighted by Gasteiger charge is -2.17. The van der Waals surface area contributed by atoms with Gasteiger partial charge in [0, 0.05) is 24.8 Å². The molecule has 1 N–H and O–H groups in total. The Morgan fingerprint density at radius 3 is 2.61 bits per heavy atom. The number of sulfonamides is 1. The monoisotopic (exact) mass is 270 g/mol. The smallest absolute Gasteiger partial charge is 0.209 e. The third kappa shape index (κ3) is 3.64. The van der Waals surface area contributed by atoms with E-state index < -0.39 is 10.0 Å². The Balaban J connectivity index is 2.15. The first-order chi connectivity index (χ1) is 8.44. The van der Waals surface area contributed by atoms with Crippen LogP contribution in [-0.2, 0) is 16.6 Å². The van der Waals surface area contributed by atoms with E-state index in [2.05, 4.69) is 19.6 Å². The first kappa shape index (κ1) is 13.2. The number of hydrogen-bond acceptors (Lipinski definition) is 5. The van der Waals surface area contributed by atoms with Crippen LogP contribution in [0.3, 0.4) is 0 Å². The molecule has 2 rings (SSSR count). The van der Waals surface area contributed by atoms with E-state index >= 15 is 0 Å². The molecular formula is C11H18N4O2S. The molecule has 1 saturated heterocycles. The number of rotatable bonds is 4. The van der Waals surface area contributed by atoms with Gasteiger partial charge >= 0.3 is 0 Å². The van der Waals surface area contributed by atoms with Gasteiger partial charge in [-0.05, 0) is 19.8 Å². The zero-order valence-electron chi connectivity index (χ0n) is 10.7. The maximum absolute atomic E-state index is 11.1. The zero-order chi connectivity index (χ0) is 13.2. The van der Waals surface area contributed by atoms with Crippen molar-refractivity contribution in [1.82, 2.24) is 14.7 Å². The topological polar surface area (TPSA) is 75.2 Å². The predicted octanol–water partition coefficient (Wildman–Crippen LogP) is 0.434. The lowest BCUT2D eigenvalue weighted by Crippen LogP contribution is -2.24. The van der Waals surface area contributed by atoms with E-state index in [1.54, 1.807) is 0 Å². The summed E-state index contributed by atoms with van der Waals surface area (Å²) in [6.07, 6.45) is 3.49. The summed E-state index contributed by atoms with van der Waals surface area (Å²) >= 11 is 0. The number of anilines is 1. The fourth-order valence-electron chi connectivity index (χ4n) is 2.00. The Bertz CT molecular complexity index is 524. The average Bonchev–Trinajstić information content (AvgIpc) is 2.78.